The number of hydrogen-bond donors (Lipinski definition) is 0. The molecule has 1 aromatic carbocycles. The number of carbonyl (C=O) groups is 1. The quantitative estimate of drug-likeness (QED) is 0.521. The van der Waals surface area contributed by atoms with Crippen LogP contribution in [0.15, 0.2) is 47.6 Å². The molecular formula is C22H24FN3O4S. The highest BCUT2D eigenvalue weighted by atomic mass is 32.2. The van der Waals surface area contributed by atoms with E-state index in [1.54, 1.807) is 10.8 Å². The number of halogens is 1. The Balaban J connectivity index is 1.60. The zero-order chi connectivity index (χ0) is 22.2. The summed E-state index contributed by atoms with van der Waals surface area (Å²) in [5.74, 6) is -0.601. The number of ether oxygens (including phenoxy) is 1. The van der Waals surface area contributed by atoms with E-state index in [1.165, 1.54) is 16.4 Å². The van der Waals surface area contributed by atoms with Gasteiger partial charge in [-0.1, -0.05) is 0 Å². The van der Waals surface area contributed by atoms with Crippen molar-refractivity contribution >= 4 is 27.3 Å². The first-order valence-electron chi connectivity index (χ1n) is 10.1. The molecular weight excluding hydrogens is 421 g/mol. The van der Waals surface area contributed by atoms with Gasteiger partial charge in [-0.15, -0.1) is 0 Å². The predicted octanol–water partition coefficient (Wildman–Crippen LogP) is 3.34. The monoisotopic (exact) mass is 445 g/mol. The Morgan fingerprint density at radius 1 is 1.32 bits per heavy atom. The Bertz CT molecular complexity index is 1220. The second kappa shape index (κ2) is 8.39. The van der Waals surface area contributed by atoms with Crippen molar-refractivity contribution in [1.29, 1.82) is 0 Å². The van der Waals surface area contributed by atoms with Crippen molar-refractivity contribution in [2.75, 3.05) is 13.1 Å². The Morgan fingerprint density at radius 3 is 2.84 bits per heavy atom. The maximum atomic E-state index is 14.6. The van der Waals surface area contributed by atoms with E-state index < -0.39 is 15.8 Å². The Morgan fingerprint density at radius 2 is 2.13 bits per heavy atom. The highest BCUT2D eigenvalue weighted by Gasteiger charge is 2.36. The molecule has 3 aromatic rings. The fraction of sp³-hybridized carbons (Fsp3) is 0.364. The Kier molecular flexibility index (Phi) is 5.81. The molecule has 4 rings (SSSR count). The van der Waals surface area contributed by atoms with Gasteiger partial charge in [0.2, 0.25) is 10.0 Å². The molecule has 0 radical (unpaired) electrons. The molecule has 1 atom stereocenters. The molecule has 1 saturated heterocycles. The normalized spacial score (nSPS) is 17.5. The lowest BCUT2D eigenvalue weighted by atomic mass is 9.99. The van der Waals surface area contributed by atoms with Crippen LogP contribution in [0.2, 0.25) is 0 Å². The lowest BCUT2D eigenvalue weighted by Gasteiger charge is -2.18. The average molecular weight is 446 g/mol. The number of fused-ring (bicyclic) bond motifs is 1. The van der Waals surface area contributed by atoms with E-state index in [9.17, 15) is 17.6 Å². The second-order valence-electron chi connectivity index (χ2n) is 7.89. The van der Waals surface area contributed by atoms with E-state index >= 15 is 0 Å². The molecule has 1 unspecified atom stereocenters. The average Bonchev–Trinajstić information content (AvgIpc) is 3.34. The third-order valence-electron chi connectivity index (χ3n) is 5.42. The van der Waals surface area contributed by atoms with Gasteiger partial charge < -0.3 is 14.1 Å². The molecule has 0 aliphatic carbocycles. The number of hydrogen-bond acceptors (Lipinski definition) is 5. The first-order valence-corrected chi connectivity index (χ1v) is 11.6. The number of carbonyl (C=O) groups excluding carboxylic acids is 1. The molecule has 0 bridgehead atoms. The van der Waals surface area contributed by atoms with Crippen LogP contribution in [0.4, 0.5) is 4.39 Å². The summed E-state index contributed by atoms with van der Waals surface area (Å²) >= 11 is 0. The van der Waals surface area contributed by atoms with Gasteiger partial charge in [-0.3, -0.25) is 0 Å². The van der Waals surface area contributed by atoms with E-state index in [4.69, 9.17) is 4.74 Å². The first-order chi connectivity index (χ1) is 14.8. The maximum absolute atomic E-state index is 14.6. The highest BCUT2D eigenvalue weighted by molar-refractivity contribution is 7.89. The molecule has 31 heavy (non-hydrogen) atoms. The van der Waals surface area contributed by atoms with Gasteiger partial charge in [0.15, 0.2) is 0 Å². The van der Waals surface area contributed by atoms with Crippen LogP contribution < -0.4 is 4.74 Å². The fourth-order valence-corrected chi connectivity index (χ4v) is 5.62. The number of sulfonamides is 1. The molecule has 1 aliphatic heterocycles. The highest BCUT2D eigenvalue weighted by Crippen LogP contribution is 2.36. The first kappa shape index (κ1) is 21.5. The van der Waals surface area contributed by atoms with Crippen molar-refractivity contribution in [3.05, 3.63) is 54.1 Å². The number of benzene rings is 1. The molecule has 0 spiro atoms. The largest absolute Gasteiger partial charge is 0.491 e. The summed E-state index contributed by atoms with van der Waals surface area (Å²) < 4.78 is 49.4. The van der Waals surface area contributed by atoms with Crippen LogP contribution in [0.1, 0.15) is 31.7 Å². The van der Waals surface area contributed by atoms with Crippen molar-refractivity contribution < 1.29 is 22.3 Å². The van der Waals surface area contributed by atoms with Crippen LogP contribution in [-0.2, 0) is 21.4 Å². The van der Waals surface area contributed by atoms with Gasteiger partial charge in [0.1, 0.15) is 28.4 Å². The number of aromatic nitrogens is 2. The fourth-order valence-electron chi connectivity index (χ4n) is 4.07. The third-order valence-corrected chi connectivity index (χ3v) is 7.32. The molecule has 0 saturated carbocycles. The summed E-state index contributed by atoms with van der Waals surface area (Å²) in [6, 6.07) is 7.58. The minimum atomic E-state index is -3.99. The number of aldehydes is 1. The topological polar surface area (TPSA) is 81.5 Å². The Hall–Kier alpha value is -2.78. The van der Waals surface area contributed by atoms with Gasteiger partial charge in [0, 0.05) is 42.9 Å². The summed E-state index contributed by atoms with van der Waals surface area (Å²) in [4.78, 5) is 15.0. The second-order valence-corrected chi connectivity index (χ2v) is 9.79. The van der Waals surface area contributed by atoms with E-state index in [0.717, 1.165) is 23.3 Å². The van der Waals surface area contributed by atoms with Crippen LogP contribution in [0.5, 0.6) is 5.75 Å². The lowest BCUT2D eigenvalue weighted by Crippen LogP contribution is -2.29. The molecule has 9 heteroatoms. The zero-order valence-electron chi connectivity index (χ0n) is 17.4. The molecule has 1 aliphatic rings. The van der Waals surface area contributed by atoms with Crippen LogP contribution in [0.25, 0.3) is 11.0 Å². The Labute approximate surface area is 180 Å². The van der Waals surface area contributed by atoms with E-state index in [1.807, 2.05) is 32.2 Å². The van der Waals surface area contributed by atoms with Crippen molar-refractivity contribution in [2.24, 2.45) is 0 Å². The minimum Gasteiger partial charge on any atom is -0.491 e. The van der Waals surface area contributed by atoms with Gasteiger partial charge in [0.25, 0.3) is 0 Å². The number of pyridine rings is 1. The summed E-state index contributed by atoms with van der Waals surface area (Å²) in [5.41, 5.74) is 1.64. The third kappa shape index (κ3) is 4.07. The van der Waals surface area contributed by atoms with Crippen LogP contribution in [0.3, 0.4) is 0 Å². The minimum absolute atomic E-state index is 0.0685. The van der Waals surface area contributed by atoms with Crippen LogP contribution >= 0.6 is 0 Å². The predicted molar refractivity (Wildman–Crippen MR) is 114 cm³/mol. The SMILES string of the molecule is CC(C)Oc1ccc(S(=O)(=O)N2CCC(c3cn(CC=O)c4ncccc34)C2)c(F)c1. The van der Waals surface area contributed by atoms with Gasteiger partial charge in [-0.2, -0.15) is 4.31 Å². The van der Waals surface area contributed by atoms with Crippen LogP contribution in [0, 0.1) is 5.82 Å². The summed E-state index contributed by atoms with van der Waals surface area (Å²) in [6.07, 6.45) is 4.79. The van der Waals surface area contributed by atoms with Crippen LogP contribution in [-0.4, -0.2) is 47.8 Å². The summed E-state index contributed by atoms with van der Waals surface area (Å²) in [7, 11) is -3.99. The number of rotatable bonds is 7. The maximum Gasteiger partial charge on any atom is 0.246 e. The smallest absolute Gasteiger partial charge is 0.246 e. The summed E-state index contributed by atoms with van der Waals surface area (Å²) in [6.45, 7) is 4.33. The molecule has 164 valence electrons. The van der Waals surface area contributed by atoms with Gasteiger partial charge in [-0.05, 0) is 50.1 Å². The van der Waals surface area contributed by atoms with Crippen molar-refractivity contribution in [3.63, 3.8) is 0 Å². The van der Waals surface area contributed by atoms with E-state index in [0.29, 0.717) is 17.8 Å². The molecule has 3 heterocycles. The molecule has 2 aromatic heterocycles. The van der Waals surface area contributed by atoms with E-state index in [2.05, 4.69) is 4.98 Å². The van der Waals surface area contributed by atoms with Gasteiger partial charge in [0.05, 0.1) is 12.6 Å². The van der Waals surface area contributed by atoms with E-state index in [-0.39, 0.29) is 36.6 Å². The van der Waals surface area contributed by atoms with Gasteiger partial charge in [-0.25, -0.2) is 17.8 Å². The summed E-state index contributed by atoms with van der Waals surface area (Å²) in [5, 5.41) is 0.898. The molecule has 7 nitrogen and oxygen atoms in total. The van der Waals surface area contributed by atoms with Gasteiger partial charge >= 0.3 is 0 Å². The van der Waals surface area contributed by atoms with Crippen molar-refractivity contribution in [2.45, 2.75) is 43.7 Å². The molecule has 1 fully saturated rings. The van der Waals surface area contributed by atoms with Crippen molar-refractivity contribution in [1.82, 2.24) is 13.9 Å². The molecule has 0 N–H and O–H groups in total. The standard InChI is InChI=1S/C22H24FN3O4S/c1-15(2)30-17-5-6-21(20(23)12-17)31(28,29)26-9-7-16(13-26)19-14-25(10-11-27)22-18(19)4-3-8-24-22/h3-6,8,11-12,14-16H,7,9-10,13H2,1-2H3. The lowest BCUT2D eigenvalue weighted by molar-refractivity contribution is -0.108. The zero-order valence-corrected chi connectivity index (χ0v) is 18.2. The molecule has 0 amide bonds. The van der Waals surface area contributed by atoms with Crippen molar-refractivity contribution in [3.8, 4) is 5.75 Å². The number of nitrogens with zero attached hydrogens (tertiary/aromatic N) is 3.